The van der Waals surface area contributed by atoms with Crippen molar-refractivity contribution >= 4 is 47.0 Å². The summed E-state index contributed by atoms with van der Waals surface area (Å²) in [7, 11) is 0. The summed E-state index contributed by atoms with van der Waals surface area (Å²) in [6.07, 6.45) is -2.82. The Hall–Kier alpha value is -4.28. The summed E-state index contributed by atoms with van der Waals surface area (Å²) < 4.78 is 58.2. The fraction of sp³-hybridized carbons (Fsp3) is 0.590. The monoisotopic (exact) mass is 806 g/mol. The molecular weight excluding hydrogens is 757 g/mol. The largest absolute Gasteiger partial charge is 0.464 e. The summed E-state index contributed by atoms with van der Waals surface area (Å²) in [5.74, 6) is -0.883. The van der Waals surface area contributed by atoms with Gasteiger partial charge in [-0.25, -0.2) is 14.4 Å². The van der Waals surface area contributed by atoms with Gasteiger partial charge in [-0.3, -0.25) is 4.79 Å². The molecule has 0 aliphatic carbocycles. The van der Waals surface area contributed by atoms with Crippen molar-refractivity contribution in [2.24, 2.45) is 0 Å². The van der Waals surface area contributed by atoms with Gasteiger partial charge in [-0.15, -0.1) is 0 Å². The van der Waals surface area contributed by atoms with Crippen molar-refractivity contribution in [2.75, 3.05) is 70.1 Å². The van der Waals surface area contributed by atoms with E-state index < -0.39 is 35.5 Å². The van der Waals surface area contributed by atoms with Crippen LogP contribution in [0.3, 0.4) is 0 Å². The first-order chi connectivity index (χ1) is 26.8. The number of esters is 1. The van der Waals surface area contributed by atoms with E-state index in [4.69, 9.17) is 31.5 Å². The van der Waals surface area contributed by atoms with Crippen LogP contribution < -0.4 is 11.1 Å². The minimum atomic E-state index is -4.79. The molecular formula is C39H50ClF3N6O7. The topological polar surface area (TPSA) is 147 Å². The fourth-order valence-corrected chi connectivity index (χ4v) is 8.41. The number of halogens is 4. The van der Waals surface area contributed by atoms with Gasteiger partial charge in [0.2, 0.25) is 0 Å². The minimum absolute atomic E-state index is 0.0371. The van der Waals surface area contributed by atoms with E-state index in [2.05, 4.69) is 10.2 Å². The van der Waals surface area contributed by atoms with E-state index in [1.165, 1.54) is 11.0 Å². The van der Waals surface area contributed by atoms with Gasteiger partial charge in [0.1, 0.15) is 6.61 Å². The number of piperidine rings is 3. The van der Waals surface area contributed by atoms with E-state index in [9.17, 15) is 32.3 Å². The zero-order chi connectivity index (χ0) is 40.0. The molecule has 3 N–H and O–H groups in total. The lowest BCUT2D eigenvalue weighted by atomic mass is 9.97. The van der Waals surface area contributed by atoms with E-state index in [0.717, 1.165) is 43.2 Å². The third-order valence-corrected chi connectivity index (χ3v) is 11.6. The molecule has 56 heavy (non-hydrogen) atoms. The molecule has 3 saturated heterocycles. The van der Waals surface area contributed by atoms with Crippen LogP contribution in [0, 0.1) is 0 Å². The molecule has 6 rings (SSSR count). The van der Waals surface area contributed by atoms with Gasteiger partial charge in [0.05, 0.1) is 29.0 Å². The van der Waals surface area contributed by atoms with Crippen molar-refractivity contribution in [3.63, 3.8) is 0 Å². The first-order valence-corrected chi connectivity index (χ1v) is 19.7. The van der Waals surface area contributed by atoms with Crippen LogP contribution >= 0.6 is 11.6 Å². The second kappa shape index (κ2) is 18.3. The number of carbonyl (C=O) groups excluding carboxylic acids is 4. The van der Waals surface area contributed by atoms with Crippen LogP contribution in [0.15, 0.2) is 36.4 Å². The zero-order valence-corrected chi connectivity index (χ0v) is 32.3. The van der Waals surface area contributed by atoms with E-state index in [0.29, 0.717) is 58.3 Å². The van der Waals surface area contributed by atoms with Gasteiger partial charge in [0, 0.05) is 70.0 Å². The molecule has 4 amide bonds. The number of nitrogens with one attached hydrogen (secondary N) is 1. The number of nitrogen functional groups attached to an aromatic ring is 1. The molecule has 0 spiro atoms. The molecule has 2 aromatic rings. The second-order valence-corrected chi connectivity index (χ2v) is 15.2. The van der Waals surface area contributed by atoms with Crippen LogP contribution in [-0.2, 0) is 42.8 Å². The van der Waals surface area contributed by atoms with Gasteiger partial charge in [-0.1, -0.05) is 29.8 Å². The molecule has 13 nitrogen and oxygen atoms in total. The van der Waals surface area contributed by atoms with Crippen molar-refractivity contribution in [1.29, 1.82) is 0 Å². The lowest BCUT2D eigenvalue weighted by Crippen LogP contribution is -2.53. The predicted molar refractivity (Wildman–Crippen MR) is 202 cm³/mol. The number of rotatable bonds is 10. The number of urea groups is 1. The Bertz CT molecular complexity index is 1730. The maximum absolute atomic E-state index is 14.1. The Kier molecular flexibility index (Phi) is 13.5. The summed E-state index contributed by atoms with van der Waals surface area (Å²) in [5.41, 5.74) is 5.81. The molecule has 17 heteroatoms. The van der Waals surface area contributed by atoms with Crippen molar-refractivity contribution in [3.05, 3.63) is 58.1 Å². The molecule has 0 saturated carbocycles. The molecule has 4 aliphatic rings. The quantitative estimate of drug-likeness (QED) is 0.232. The number of carbonyl (C=O) groups is 4. The van der Waals surface area contributed by atoms with Crippen LogP contribution in [0.5, 0.6) is 0 Å². The van der Waals surface area contributed by atoms with Crippen LogP contribution in [0.1, 0.15) is 62.1 Å². The summed E-state index contributed by atoms with van der Waals surface area (Å²) in [6.45, 7) is 5.34. The van der Waals surface area contributed by atoms with Crippen LogP contribution in [0.25, 0.3) is 0 Å². The molecule has 0 aromatic heterocycles. The highest BCUT2D eigenvalue weighted by atomic mass is 35.5. The van der Waals surface area contributed by atoms with Gasteiger partial charge in [-0.2, -0.15) is 13.2 Å². The third-order valence-electron chi connectivity index (χ3n) is 11.3. The molecule has 306 valence electrons. The average Bonchev–Trinajstić information content (AvgIpc) is 3.35. The molecule has 4 heterocycles. The number of para-hydroxylation sites is 1. The summed E-state index contributed by atoms with van der Waals surface area (Å²) in [5, 5.41) is 2.67. The van der Waals surface area contributed by atoms with E-state index >= 15 is 0 Å². The van der Waals surface area contributed by atoms with Crippen molar-refractivity contribution in [3.8, 4) is 0 Å². The van der Waals surface area contributed by atoms with Crippen LogP contribution in [0.2, 0.25) is 5.02 Å². The van der Waals surface area contributed by atoms with Crippen molar-refractivity contribution in [2.45, 2.75) is 88.8 Å². The first-order valence-electron chi connectivity index (χ1n) is 19.4. The van der Waals surface area contributed by atoms with E-state index in [1.54, 1.807) is 16.7 Å². The zero-order valence-electron chi connectivity index (χ0n) is 31.5. The number of nitrogens with two attached hydrogens (primary N) is 1. The molecule has 0 radical (unpaired) electrons. The molecule has 4 aliphatic heterocycles. The lowest BCUT2D eigenvalue weighted by Gasteiger charge is -2.42. The van der Waals surface area contributed by atoms with Gasteiger partial charge >= 0.3 is 24.3 Å². The summed E-state index contributed by atoms with van der Waals surface area (Å²) in [6, 6.07) is 9.66. The molecule has 0 unspecified atom stereocenters. The number of nitrogens with zero attached hydrogens (tertiary/aromatic N) is 4. The minimum Gasteiger partial charge on any atom is -0.464 e. The highest BCUT2D eigenvalue weighted by Crippen LogP contribution is 2.38. The van der Waals surface area contributed by atoms with Crippen LogP contribution in [0.4, 0.5) is 34.1 Å². The molecule has 1 atom stereocenters. The Morgan fingerprint density at radius 3 is 2.27 bits per heavy atom. The predicted octanol–water partition coefficient (Wildman–Crippen LogP) is 5.58. The molecule has 2 aromatic carbocycles. The normalized spacial score (nSPS) is 19.9. The smallest absolute Gasteiger partial charge is 0.418 e. The standard InChI is InChI=1S/C39H50ClF3N6O7/c1-2-54-34(50)24-55-29-12-18-46(19-13-29)27-8-14-47(15-9-27)36(51)33(23-25-21-30(39(41,42)43)35(44)31(40)22-25)56-38(53)48-16-10-28(11-17-48)49-20-7-26-5-3-4-6-32(26)45-37(49)52/h3-6,21-22,27-29,33H,2,7-20,23-24,44H2,1H3,(H,45,52)/t33-/m1/s1. The highest BCUT2D eigenvalue weighted by molar-refractivity contribution is 6.33. The Balaban J connectivity index is 1.07. The number of anilines is 2. The van der Waals surface area contributed by atoms with E-state index in [-0.39, 0.29) is 66.9 Å². The number of ether oxygens (including phenoxy) is 3. The van der Waals surface area contributed by atoms with Crippen LogP contribution in [-0.4, -0.2) is 127 Å². The SMILES string of the molecule is CCOC(=O)COC1CCN(C2CCN(C(=O)[C@@H](Cc3cc(Cl)c(N)c(C(F)(F)F)c3)OC(=O)N3CCC(N4CCc5ccccc5NC4=O)CC3)CC2)CC1. The van der Waals surface area contributed by atoms with Gasteiger partial charge in [0.25, 0.3) is 5.91 Å². The van der Waals surface area contributed by atoms with Crippen molar-refractivity contribution in [1.82, 2.24) is 19.6 Å². The average molecular weight is 807 g/mol. The number of hydrogen-bond acceptors (Lipinski definition) is 9. The fourth-order valence-electron chi connectivity index (χ4n) is 8.17. The number of fused-ring (bicyclic) bond motifs is 1. The molecule has 3 fully saturated rings. The molecule has 0 bridgehead atoms. The maximum atomic E-state index is 14.1. The summed E-state index contributed by atoms with van der Waals surface area (Å²) in [4.78, 5) is 59.8. The Morgan fingerprint density at radius 2 is 1.59 bits per heavy atom. The third kappa shape index (κ3) is 10.2. The van der Waals surface area contributed by atoms with Gasteiger partial charge < -0.3 is 44.9 Å². The van der Waals surface area contributed by atoms with Gasteiger partial charge in [-0.05, 0) is 81.2 Å². The number of likely N-dealkylation sites (tertiary alicyclic amines) is 3. The maximum Gasteiger partial charge on any atom is 0.418 e. The summed E-state index contributed by atoms with van der Waals surface area (Å²) >= 11 is 6.13. The van der Waals surface area contributed by atoms with E-state index in [1.807, 2.05) is 24.3 Å². The number of alkyl halides is 3. The number of amides is 4. The Labute approximate surface area is 329 Å². The van der Waals surface area contributed by atoms with Crippen molar-refractivity contribution < 1.29 is 46.6 Å². The number of hydrogen-bond donors (Lipinski definition) is 2. The second-order valence-electron chi connectivity index (χ2n) is 14.8. The Morgan fingerprint density at radius 1 is 0.929 bits per heavy atom. The first kappa shape index (κ1) is 41.4. The number of benzene rings is 2. The highest BCUT2D eigenvalue weighted by Gasteiger charge is 2.38. The lowest BCUT2D eigenvalue weighted by molar-refractivity contribution is -0.152. The van der Waals surface area contributed by atoms with Gasteiger partial charge in [0.15, 0.2) is 6.10 Å².